The lowest BCUT2D eigenvalue weighted by Crippen LogP contribution is -2.41. The lowest BCUT2D eigenvalue weighted by Gasteiger charge is -2.32. The Bertz CT molecular complexity index is 1060. The molecule has 0 bridgehead atoms. The fourth-order valence-electron chi connectivity index (χ4n) is 3.60. The predicted molar refractivity (Wildman–Crippen MR) is 105 cm³/mol. The van der Waals surface area contributed by atoms with Gasteiger partial charge in [-0.1, -0.05) is 20.7 Å². The first-order valence-electron chi connectivity index (χ1n) is 8.94. The number of sulfonamides is 1. The molecule has 1 amide bonds. The molecule has 0 radical (unpaired) electrons. The van der Waals surface area contributed by atoms with Gasteiger partial charge in [0.1, 0.15) is 0 Å². The van der Waals surface area contributed by atoms with Crippen LogP contribution in [0.2, 0.25) is 0 Å². The second kappa shape index (κ2) is 7.36. The highest BCUT2D eigenvalue weighted by atomic mass is 32.3. The van der Waals surface area contributed by atoms with Crippen molar-refractivity contribution < 1.29 is 18.1 Å². The van der Waals surface area contributed by atoms with Gasteiger partial charge in [0, 0.05) is 37.8 Å². The van der Waals surface area contributed by atoms with E-state index in [1.54, 1.807) is 37.6 Å². The predicted octanol–water partition coefficient (Wildman–Crippen LogP) is 2.74. The van der Waals surface area contributed by atoms with Gasteiger partial charge in [0.25, 0.3) is 11.6 Å². The maximum absolute atomic E-state index is 12.7. The summed E-state index contributed by atoms with van der Waals surface area (Å²) in [6, 6.07) is 5.08. The molecule has 1 N–H and O–H groups in total. The summed E-state index contributed by atoms with van der Waals surface area (Å²) in [4.78, 5) is 16.7. The number of pyridine rings is 1. The number of fused-ring (bicyclic) bond motifs is 1. The smallest absolute Gasteiger partial charge is 0.259 e. The zero-order chi connectivity index (χ0) is 19.9. The zero-order valence-corrected chi connectivity index (χ0v) is 17.1. The summed E-state index contributed by atoms with van der Waals surface area (Å²) >= 11 is 1.22. The van der Waals surface area contributed by atoms with Crippen molar-refractivity contribution in [3.63, 3.8) is 0 Å². The van der Waals surface area contributed by atoms with Gasteiger partial charge < -0.3 is 14.4 Å². The second-order valence-corrected chi connectivity index (χ2v) is 9.86. The average molecular weight is 421 g/mol. The number of amides is 1. The molecule has 1 atom stereocenters. The van der Waals surface area contributed by atoms with E-state index >= 15 is 0 Å². The van der Waals surface area contributed by atoms with Crippen LogP contribution in [0.3, 0.4) is 0 Å². The summed E-state index contributed by atoms with van der Waals surface area (Å²) in [7, 11) is -1.88. The van der Waals surface area contributed by atoms with Gasteiger partial charge in [0.15, 0.2) is 10.4 Å². The Labute approximate surface area is 167 Å². The maximum atomic E-state index is 12.7. The molecular weight excluding hydrogens is 400 g/mol. The van der Waals surface area contributed by atoms with Crippen LogP contribution in [0.5, 0.6) is 0 Å². The Morgan fingerprint density at radius 1 is 1.43 bits per heavy atom. The molecule has 10 heteroatoms. The SMILES string of the molecule is CNC(=O)c1cc(C)nc2onc(C3CCN([S+](=O)([O-])c4cccs4)CC3)c12. The summed E-state index contributed by atoms with van der Waals surface area (Å²) in [6.07, 6.45) is 1.21. The van der Waals surface area contributed by atoms with Crippen LogP contribution in [0.15, 0.2) is 32.3 Å². The van der Waals surface area contributed by atoms with Crippen LogP contribution in [0, 0.1) is 6.92 Å². The van der Waals surface area contributed by atoms with Crippen molar-refractivity contribution >= 4 is 38.7 Å². The summed E-state index contributed by atoms with van der Waals surface area (Å²) < 4.78 is 32.7. The highest BCUT2D eigenvalue weighted by Gasteiger charge is 2.36. The number of piperidine rings is 1. The molecule has 28 heavy (non-hydrogen) atoms. The Hall–Kier alpha value is -2.14. The molecule has 0 spiro atoms. The van der Waals surface area contributed by atoms with Crippen molar-refractivity contribution in [1.29, 1.82) is 0 Å². The number of nitrogens with one attached hydrogen (secondary N) is 1. The van der Waals surface area contributed by atoms with Gasteiger partial charge in [-0.3, -0.25) is 4.79 Å². The molecule has 3 aromatic heterocycles. The largest absolute Gasteiger partial charge is 0.592 e. The van der Waals surface area contributed by atoms with Gasteiger partial charge in [0.2, 0.25) is 4.21 Å². The first-order chi connectivity index (χ1) is 13.4. The number of nitrogens with zero attached hydrogens (tertiary/aromatic N) is 3. The summed E-state index contributed by atoms with van der Waals surface area (Å²) in [5.41, 5.74) is 2.16. The Morgan fingerprint density at radius 3 is 2.82 bits per heavy atom. The molecule has 8 nitrogen and oxygen atoms in total. The number of thiophene rings is 1. The Kier molecular flexibility index (Phi) is 5.04. The highest BCUT2D eigenvalue weighted by Crippen LogP contribution is 2.37. The van der Waals surface area contributed by atoms with E-state index in [0.29, 0.717) is 58.2 Å². The molecule has 0 aliphatic carbocycles. The van der Waals surface area contributed by atoms with Crippen molar-refractivity contribution in [2.45, 2.75) is 29.9 Å². The molecule has 4 heterocycles. The van der Waals surface area contributed by atoms with Crippen molar-refractivity contribution in [3.05, 3.63) is 40.5 Å². The second-order valence-electron chi connectivity index (χ2n) is 6.75. The lowest BCUT2D eigenvalue weighted by molar-refractivity contribution is 0.0964. The van der Waals surface area contributed by atoms with Crippen LogP contribution in [-0.4, -0.2) is 45.0 Å². The summed E-state index contributed by atoms with van der Waals surface area (Å²) in [6.45, 7) is 2.59. The topological polar surface area (TPSA) is 111 Å². The fraction of sp³-hybridized carbons (Fsp3) is 0.389. The van der Waals surface area contributed by atoms with Gasteiger partial charge in [-0.2, -0.15) is 0 Å². The molecule has 4 rings (SSSR count). The number of carbonyl (C=O) groups is 1. The molecule has 1 saturated heterocycles. The van der Waals surface area contributed by atoms with Crippen molar-refractivity contribution in [3.8, 4) is 0 Å². The molecule has 1 fully saturated rings. The molecule has 1 aliphatic heterocycles. The van der Waals surface area contributed by atoms with Gasteiger partial charge in [0.05, 0.1) is 16.6 Å². The molecule has 0 saturated carbocycles. The number of hydrogen-bond donors (Lipinski definition) is 1. The van der Waals surface area contributed by atoms with Gasteiger partial charge in [-0.05, 0) is 37.3 Å². The zero-order valence-electron chi connectivity index (χ0n) is 15.5. The molecule has 148 valence electrons. The van der Waals surface area contributed by atoms with E-state index in [4.69, 9.17) is 4.52 Å². The lowest BCUT2D eigenvalue weighted by atomic mass is 9.91. The minimum absolute atomic E-state index is 0.00366. The Balaban J connectivity index is 1.61. The quantitative estimate of drug-likeness (QED) is 0.650. The number of rotatable bonds is 4. The van der Waals surface area contributed by atoms with E-state index in [9.17, 15) is 13.6 Å². The van der Waals surface area contributed by atoms with Gasteiger partial charge in [-0.15, -0.1) is 4.31 Å². The first kappa shape index (κ1) is 19.2. The molecule has 0 aromatic carbocycles. The van der Waals surface area contributed by atoms with Crippen molar-refractivity contribution in [2.24, 2.45) is 0 Å². The van der Waals surface area contributed by atoms with Crippen LogP contribution in [0.25, 0.3) is 11.1 Å². The molecular formula is C18H20N4O4S2. The van der Waals surface area contributed by atoms with E-state index < -0.39 is 10.4 Å². The first-order valence-corrected chi connectivity index (χ1v) is 11.3. The van der Waals surface area contributed by atoms with E-state index in [-0.39, 0.29) is 11.8 Å². The molecule has 1 unspecified atom stereocenters. The van der Waals surface area contributed by atoms with Crippen molar-refractivity contribution in [2.75, 3.05) is 20.1 Å². The number of carbonyl (C=O) groups excluding carboxylic acids is 1. The summed E-state index contributed by atoms with van der Waals surface area (Å²) in [5.74, 6) is -0.221. The number of aromatic nitrogens is 2. The van der Waals surface area contributed by atoms with E-state index in [1.807, 2.05) is 0 Å². The summed E-state index contributed by atoms with van der Waals surface area (Å²) in [5, 5.41) is 9.21. The minimum Gasteiger partial charge on any atom is -0.592 e. The van der Waals surface area contributed by atoms with Gasteiger partial charge in [-0.25, -0.2) is 4.98 Å². The third-order valence-electron chi connectivity index (χ3n) is 5.00. The minimum atomic E-state index is -3.45. The van der Waals surface area contributed by atoms with E-state index in [1.165, 1.54) is 15.6 Å². The van der Waals surface area contributed by atoms with Gasteiger partial charge >= 0.3 is 0 Å². The average Bonchev–Trinajstić information content (AvgIpc) is 3.37. The van der Waals surface area contributed by atoms with Crippen LogP contribution in [0.4, 0.5) is 0 Å². The van der Waals surface area contributed by atoms with Crippen LogP contribution in [0.1, 0.15) is 40.5 Å². The van der Waals surface area contributed by atoms with Crippen molar-refractivity contribution in [1.82, 2.24) is 19.8 Å². The molecule has 1 aliphatic rings. The Morgan fingerprint density at radius 2 is 2.18 bits per heavy atom. The van der Waals surface area contributed by atoms with Crippen LogP contribution in [-0.2, 0) is 14.6 Å². The third-order valence-corrected chi connectivity index (χ3v) is 8.27. The molecule has 3 aromatic rings. The normalized spacial score (nSPS) is 18.2. The van der Waals surface area contributed by atoms with E-state index in [2.05, 4.69) is 15.5 Å². The highest BCUT2D eigenvalue weighted by molar-refractivity contribution is 7.97. The standard InChI is InChI=1S/C18H20N4O4S2/c1-11-10-13(17(23)19-2)15-16(21-26-18(15)20-11)12-5-7-22(8-6-12)28(24,25)14-4-3-9-27-14/h3-4,9-10,12H,5-8H2,1-2H3,(H-,19,23,24,25). The third kappa shape index (κ3) is 3.26. The monoisotopic (exact) mass is 420 g/mol. The van der Waals surface area contributed by atoms with Crippen LogP contribution < -0.4 is 5.32 Å². The number of aryl methyl sites for hydroxylation is 1. The maximum Gasteiger partial charge on any atom is 0.259 e. The number of hydrogen-bond acceptors (Lipinski definition) is 7. The van der Waals surface area contributed by atoms with E-state index in [0.717, 1.165) is 0 Å². The fourth-order valence-corrected chi connectivity index (χ4v) is 6.21. The van der Waals surface area contributed by atoms with Crippen LogP contribution >= 0.6 is 11.3 Å².